The van der Waals surface area contributed by atoms with Crippen LogP contribution in [-0.2, 0) is 4.74 Å². The normalized spacial score (nSPS) is 19.5. The molecule has 1 atom stereocenters. The second-order valence-corrected chi connectivity index (χ2v) is 4.81. The van der Waals surface area contributed by atoms with Gasteiger partial charge in [0.25, 0.3) is 0 Å². The van der Waals surface area contributed by atoms with Crippen LogP contribution in [0.3, 0.4) is 0 Å². The van der Waals surface area contributed by atoms with Crippen molar-refractivity contribution in [1.29, 1.82) is 0 Å². The number of hydrogen-bond donors (Lipinski definition) is 2. The minimum absolute atomic E-state index is 0.145. The summed E-state index contributed by atoms with van der Waals surface area (Å²) in [5.41, 5.74) is 7.42. The SMILES string of the molecule is Nc1ncn(-c2cc(Cl)cc(C3COCCN3)c2)n1. The summed E-state index contributed by atoms with van der Waals surface area (Å²) in [6.45, 7) is 2.21. The van der Waals surface area contributed by atoms with E-state index in [1.54, 1.807) is 11.0 Å². The Bertz CT molecular complexity index is 579. The second kappa shape index (κ2) is 5.16. The number of nitrogens with two attached hydrogens (primary N) is 1. The monoisotopic (exact) mass is 279 g/mol. The molecule has 6 nitrogen and oxygen atoms in total. The number of anilines is 1. The van der Waals surface area contributed by atoms with Crippen LogP contribution in [0.1, 0.15) is 11.6 Å². The van der Waals surface area contributed by atoms with Crippen LogP contribution in [0.25, 0.3) is 5.69 Å². The van der Waals surface area contributed by atoms with E-state index in [-0.39, 0.29) is 12.0 Å². The quantitative estimate of drug-likeness (QED) is 0.863. The van der Waals surface area contributed by atoms with Crippen molar-refractivity contribution in [2.24, 2.45) is 0 Å². The van der Waals surface area contributed by atoms with Crippen molar-refractivity contribution in [2.45, 2.75) is 6.04 Å². The van der Waals surface area contributed by atoms with Crippen molar-refractivity contribution in [2.75, 3.05) is 25.5 Å². The first kappa shape index (κ1) is 12.4. The highest BCUT2D eigenvalue weighted by Gasteiger charge is 2.16. The summed E-state index contributed by atoms with van der Waals surface area (Å²) < 4.78 is 7.07. The number of ether oxygens (including phenoxy) is 1. The lowest BCUT2D eigenvalue weighted by Crippen LogP contribution is -2.34. The van der Waals surface area contributed by atoms with Gasteiger partial charge in [0.15, 0.2) is 0 Å². The summed E-state index contributed by atoms with van der Waals surface area (Å²) >= 11 is 6.16. The molecule has 1 aromatic carbocycles. The van der Waals surface area contributed by atoms with E-state index in [1.165, 1.54) is 0 Å². The van der Waals surface area contributed by atoms with Crippen LogP contribution in [0.5, 0.6) is 0 Å². The zero-order chi connectivity index (χ0) is 13.2. The number of benzene rings is 1. The average Bonchev–Trinajstić information content (AvgIpc) is 2.86. The molecule has 1 aliphatic rings. The van der Waals surface area contributed by atoms with Crippen LogP contribution >= 0.6 is 11.6 Å². The fraction of sp³-hybridized carbons (Fsp3) is 0.333. The summed E-state index contributed by atoms with van der Waals surface area (Å²) in [4.78, 5) is 3.91. The fourth-order valence-electron chi connectivity index (χ4n) is 2.11. The van der Waals surface area contributed by atoms with E-state index in [2.05, 4.69) is 15.4 Å². The summed E-state index contributed by atoms with van der Waals surface area (Å²) in [6.07, 6.45) is 1.57. The number of nitrogens with one attached hydrogen (secondary N) is 1. The predicted molar refractivity (Wildman–Crippen MR) is 72.3 cm³/mol. The Balaban J connectivity index is 1.95. The molecule has 1 aliphatic heterocycles. The van der Waals surface area contributed by atoms with Crippen molar-refractivity contribution >= 4 is 17.5 Å². The molecular weight excluding hydrogens is 266 g/mol. The standard InChI is InChI=1S/C12H14ClN5O/c13-9-3-8(11-6-19-2-1-15-11)4-10(5-9)18-7-16-12(14)17-18/h3-5,7,11,15H,1-2,6H2,(H2,14,17). The lowest BCUT2D eigenvalue weighted by Gasteiger charge is -2.24. The van der Waals surface area contributed by atoms with Crippen LogP contribution in [0.15, 0.2) is 24.5 Å². The van der Waals surface area contributed by atoms with E-state index >= 15 is 0 Å². The van der Waals surface area contributed by atoms with Crippen molar-refractivity contribution in [1.82, 2.24) is 20.1 Å². The Morgan fingerprint density at radius 1 is 1.42 bits per heavy atom. The molecule has 0 radical (unpaired) electrons. The Labute approximate surface area is 115 Å². The zero-order valence-electron chi connectivity index (χ0n) is 10.2. The molecule has 2 aromatic rings. The van der Waals surface area contributed by atoms with Crippen LogP contribution in [0.2, 0.25) is 5.02 Å². The molecule has 2 heterocycles. The number of halogens is 1. The highest BCUT2D eigenvalue weighted by molar-refractivity contribution is 6.30. The lowest BCUT2D eigenvalue weighted by molar-refractivity contribution is 0.0769. The van der Waals surface area contributed by atoms with E-state index < -0.39 is 0 Å². The Morgan fingerprint density at radius 3 is 3.00 bits per heavy atom. The summed E-state index contributed by atoms with van der Waals surface area (Å²) in [6, 6.07) is 5.90. The van der Waals surface area contributed by atoms with Gasteiger partial charge in [0.1, 0.15) is 6.33 Å². The molecule has 1 aromatic heterocycles. The van der Waals surface area contributed by atoms with Gasteiger partial charge in [-0.05, 0) is 23.8 Å². The Hall–Kier alpha value is -1.63. The molecule has 7 heteroatoms. The Kier molecular flexibility index (Phi) is 3.37. The number of nitrogen functional groups attached to an aromatic ring is 1. The molecule has 19 heavy (non-hydrogen) atoms. The van der Waals surface area contributed by atoms with Crippen LogP contribution in [0.4, 0.5) is 5.95 Å². The molecule has 0 bridgehead atoms. The lowest BCUT2D eigenvalue weighted by atomic mass is 10.1. The molecule has 0 saturated carbocycles. The molecular formula is C12H14ClN5O. The number of morpholine rings is 1. The van der Waals surface area contributed by atoms with Gasteiger partial charge in [-0.2, -0.15) is 0 Å². The topological polar surface area (TPSA) is 78.0 Å². The van der Waals surface area contributed by atoms with Gasteiger partial charge in [-0.1, -0.05) is 11.6 Å². The van der Waals surface area contributed by atoms with Crippen molar-refractivity contribution in [3.8, 4) is 5.69 Å². The van der Waals surface area contributed by atoms with Crippen molar-refractivity contribution in [3.05, 3.63) is 35.1 Å². The fourth-order valence-corrected chi connectivity index (χ4v) is 2.35. The molecule has 1 saturated heterocycles. The molecule has 0 amide bonds. The molecule has 1 fully saturated rings. The zero-order valence-corrected chi connectivity index (χ0v) is 11.0. The predicted octanol–water partition coefficient (Wildman–Crippen LogP) is 1.16. The van der Waals surface area contributed by atoms with Gasteiger partial charge in [0.2, 0.25) is 5.95 Å². The van der Waals surface area contributed by atoms with Crippen molar-refractivity contribution < 1.29 is 4.74 Å². The van der Waals surface area contributed by atoms with Gasteiger partial charge in [0, 0.05) is 11.6 Å². The van der Waals surface area contributed by atoms with Crippen LogP contribution in [-0.4, -0.2) is 34.5 Å². The number of nitrogens with zero attached hydrogens (tertiary/aromatic N) is 3. The average molecular weight is 280 g/mol. The van der Waals surface area contributed by atoms with E-state index in [0.29, 0.717) is 11.6 Å². The van der Waals surface area contributed by atoms with E-state index in [1.807, 2.05) is 18.2 Å². The second-order valence-electron chi connectivity index (χ2n) is 4.37. The molecule has 0 spiro atoms. The molecule has 100 valence electrons. The smallest absolute Gasteiger partial charge is 0.239 e. The van der Waals surface area contributed by atoms with Gasteiger partial charge in [-0.15, -0.1) is 5.10 Å². The minimum atomic E-state index is 0.145. The minimum Gasteiger partial charge on any atom is -0.378 e. The third-order valence-electron chi connectivity index (χ3n) is 3.00. The Morgan fingerprint density at radius 2 is 2.32 bits per heavy atom. The molecule has 3 rings (SSSR count). The first-order chi connectivity index (χ1) is 9.22. The van der Waals surface area contributed by atoms with Crippen LogP contribution in [0, 0.1) is 0 Å². The summed E-state index contributed by atoms with van der Waals surface area (Å²) in [7, 11) is 0. The summed E-state index contributed by atoms with van der Waals surface area (Å²) in [5.74, 6) is 0.237. The highest BCUT2D eigenvalue weighted by Crippen LogP contribution is 2.24. The maximum atomic E-state index is 6.16. The van der Waals surface area contributed by atoms with Gasteiger partial charge in [-0.25, -0.2) is 9.67 Å². The first-order valence-corrected chi connectivity index (χ1v) is 6.39. The van der Waals surface area contributed by atoms with Crippen molar-refractivity contribution in [3.63, 3.8) is 0 Å². The number of aromatic nitrogens is 3. The number of hydrogen-bond acceptors (Lipinski definition) is 5. The van der Waals surface area contributed by atoms with Crippen LogP contribution < -0.4 is 11.1 Å². The third-order valence-corrected chi connectivity index (χ3v) is 3.22. The highest BCUT2D eigenvalue weighted by atomic mass is 35.5. The third kappa shape index (κ3) is 2.70. The van der Waals surface area contributed by atoms with E-state index in [4.69, 9.17) is 22.1 Å². The maximum Gasteiger partial charge on any atom is 0.239 e. The van der Waals surface area contributed by atoms with Gasteiger partial charge in [-0.3, -0.25) is 0 Å². The summed E-state index contributed by atoms with van der Waals surface area (Å²) in [5, 5.41) is 8.12. The van der Waals surface area contributed by atoms with Gasteiger partial charge in [0.05, 0.1) is 24.9 Å². The van der Waals surface area contributed by atoms with Gasteiger partial charge >= 0.3 is 0 Å². The molecule has 1 unspecified atom stereocenters. The van der Waals surface area contributed by atoms with E-state index in [0.717, 1.165) is 24.4 Å². The largest absolute Gasteiger partial charge is 0.378 e. The number of rotatable bonds is 2. The van der Waals surface area contributed by atoms with Gasteiger partial charge < -0.3 is 15.8 Å². The molecule has 0 aliphatic carbocycles. The van der Waals surface area contributed by atoms with E-state index in [9.17, 15) is 0 Å². The first-order valence-electron chi connectivity index (χ1n) is 6.01. The maximum absolute atomic E-state index is 6.16. The molecule has 3 N–H and O–H groups in total.